The van der Waals surface area contributed by atoms with Crippen molar-refractivity contribution in [2.75, 3.05) is 46.4 Å². The Balaban J connectivity index is 1.39. The van der Waals surface area contributed by atoms with Gasteiger partial charge in [-0.15, -0.1) is 0 Å². The summed E-state index contributed by atoms with van der Waals surface area (Å²) in [5.74, 6) is 1.95. The maximum absolute atomic E-state index is 12.5. The van der Waals surface area contributed by atoms with Crippen LogP contribution in [0.1, 0.15) is 11.1 Å². The molecule has 1 fully saturated rings. The number of rotatable bonds is 7. The molecule has 2 aromatic rings. The van der Waals surface area contributed by atoms with Crippen molar-refractivity contribution in [1.82, 2.24) is 9.80 Å². The summed E-state index contributed by atoms with van der Waals surface area (Å²) in [7, 11) is 1.64. The van der Waals surface area contributed by atoms with Crippen molar-refractivity contribution >= 4 is 5.91 Å². The number of para-hydroxylation sites is 1. The fourth-order valence-electron chi connectivity index (χ4n) is 3.25. The first kappa shape index (κ1) is 19.2. The van der Waals surface area contributed by atoms with Crippen LogP contribution in [0.25, 0.3) is 0 Å². The summed E-state index contributed by atoms with van der Waals surface area (Å²) >= 11 is 0. The summed E-state index contributed by atoms with van der Waals surface area (Å²) in [6.07, 6.45) is 0.445. The second kappa shape index (κ2) is 9.42. The van der Waals surface area contributed by atoms with E-state index in [9.17, 15) is 4.79 Å². The predicted octanol–water partition coefficient (Wildman–Crippen LogP) is 2.77. The maximum Gasteiger partial charge on any atom is 0.227 e. The van der Waals surface area contributed by atoms with E-state index in [0.29, 0.717) is 13.0 Å². The molecule has 0 saturated carbocycles. The van der Waals surface area contributed by atoms with Gasteiger partial charge in [0.2, 0.25) is 5.91 Å². The number of methoxy groups -OCH3 is 1. The number of carbonyl (C=O) groups excluding carboxylic acids is 1. The smallest absolute Gasteiger partial charge is 0.227 e. The van der Waals surface area contributed by atoms with Gasteiger partial charge in [0.05, 0.1) is 13.5 Å². The quantitative estimate of drug-likeness (QED) is 0.754. The summed E-state index contributed by atoms with van der Waals surface area (Å²) in [6, 6.07) is 15.8. The fraction of sp³-hybridized carbons (Fsp3) is 0.409. The number of hydrogen-bond donors (Lipinski definition) is 0. The first-order valence-corrected chi connectivity index (χ1v) is 9.47. The molecular weight excluding hydrogens is 340 g/mol. The number of aryl methyl sites for hydroxylation is 1. The molecule has 144 valence electrons. The second-order valence-electron chi connectivity index (χ2n) is 6.86. The molecule has 5 nitrogen and oxygen atoms in total. The highest BCUT2D eigenvalue weighted by Crippen LogP contribution is 2.16. The van der Waals surface area contributed by atoms with Crippen LogP contribution in [0.4, 0.5) is 0 Å². The monoisotopic (exact) mass is 368 g/mol. The molecule has 0 radical (unpaired) electrons. The Kier molecular flexibility index (Phi) is 6.71. The molecule has 5 heteroatoms. The first-order chi connectivity index (χ1) is 13.2. The van der Waals surface area contributed by atoms with Gasteiger partial charge < -0.3 is 14.4 Å². The van der Waals surface area contributed by atoms with Crippen molar-refractivity contribution in [2.24, 2.45) is 0 Å². The molecule has 0 atom stereocenters. The SMILES string of the molecule is COc1ccc(CC(=O)N2CCN(CCOc3ccccc3C)CC2)cc1. The molecule has 3 rings (SSSR count). The first-order valence-electron chi connectivity index (χ1n) is 9.47. The van der Waals surface area contributed by atoms with Gasteiger partial charge in [-0.3, -0.25) is 9.69 Å². The largest absolute Gasteiger partial charge is 0.497 e. The molecule has 1 amide bonds. The highest BCUT2D eigenvalue weighted by molar-refractivity contribution is 5.79. The molecule has 0 aliphatic carbocycles. The number of carbonyl (C=O) groups is 1. The van der Waals surface area contributed by atoms with Crippen molar-refractivity contribution in [3.05, 3.63) is 59.7 Å². The summed E-state index contributed by atoms with van der Waals surface area (Å²) < 4.78 is 11.0. The number of piperazine rings is 1. The topological polar surface area (TPSA) is 42.0 Å². The third-order valence-corrected chi connectivity index (χ3v) is 5.00. The van der Waals surface area contributed by atoms with Gasteiger partial charge in [0.15, 0.2) is 0 Å². The Morgan fingerprint density at radius 3 is 2.37 bits per heavy atom. The van der Waals surface area contributed by atoms with E-state index >= 15 is 0 Å². The molecule has 1 saturated heterocycles. The summed E-state index contributed by atoms with van der Waals surface area (Å²) in [5.41, 5.74) is 2.18. The minimum Gasteiger partial charge on any atom is -0.497 e. The average Bonchev–Trinajstić information content (AvgIpc) is 2.70. The van der Waals surface area contributed by atoms with Gasteiger partial charge in [0.25, 0.3) is 0 Å². The highest BCUT2D eigenvalue weighted by atomic mass is 16.5. The molecule has 1 aliphatic rings. The van der Waals surface area contributed by atoms with Gasteiger partial charge in [0.1, 0.15) is 18.1 Å². The van der Waals surface area contributed by atoms with Crippen LogP contribution in [0.5, 0.6) is 11.5 Å². The van der Waals surface area contributed by atoms with Crippen LogP contribution in [0, 0.1) is 6.92 Å². The predicted molar refractivity (Wildman–Crippen MR) is 106 cm³/mol. The van der Waals surface area contributed by atoms with Crippen LogP contribution < -0.4 is 9.47 Å². The van der Waals surface area contributed by atoms with E-state index in [2.05, 4.69) is 17.9 Å². The Morgan fingerprint density at radius 2 is 1.70 bits per heavy atom. The van der Waals surface area contributed by atoms with Crippen molar-refractivity contribution in [3.8, 4) is 11.5 Å². The molecular formula is C22H28N2O3. The van der Waals surface area contributed by atoms with E-state index in [1.807, 2.05) is 47.4 Å². The summed E-state index contributed by atoms with van der Waals surface area (Å²) in [6.45, 7) is 6.96. The molecule has 0 spiro atoms. The van der Waals surface area contributed by atoms with Gasteiger partial charge in [-0.1, -0.05) is 30.3 Å². The van der Waals surface area contributed by atoms with Gasteiger partial charge in [-0.25, -0.2) is 0 Å². The van der Waals surface area contributed by atoms with Crippen molar-refractivity contribution in [3.63, 3.8) is 0 Å². The Morgan fingerprint density at radius 1 is 1.00 bits per heavy atom. The van der Waals surface area contributed by atoms with Gasteiger partial charge >= 0.3 is 0 Å². The molecule has 2 aromatic carbocycles. The van der Waals surface area contributed by atoms with Crippen molar-refractivity contribution in [1.29, 1.82) is 0 Å². The van der Waals surface area contributed by atoms with E-state index in [-0.39, 0.29) is 5.91 Å². The summed E-state index contributed by atoms with van der Waals surface area (Å²) in [5, 5.41) is 0. The van der Waals surface area contributed by atoms with E-state index in [4.69, 9.17) is 9.47 Å². The molecule has 0 unspecified atom stereocenters. The molecule has 1 aliphatic heterocycles. The van der Waals surface area contributed by atoms with Crippen LogP contribution in [-0.2, 0) is 11.2 Å². The number of nitrogens with zero attached hydrogens (tertiary/aromatic N) is 2. The van der Waals surface area contributed by atoms with E-state index in [1.165, 1.54) is 0 Å². The zero-order valence-corrected chi connectivity index (χ0v) is 16.2. The lowest BCUT2D eigenvalue weighted by molar-refractivity contribution is -0.132. The van der Waals surface area contributed by atoms with E-state index < -0.39 is 0 Å². The van der Waals surface area contributed by atoms with Crippen LogP contribution in [0.3, 0.4) is 0 Å². The number of amides is 1. The number of benzene rings is 2. The normalized spacial score (nSPS) is 14.8. The fourth-order valence-corrected chi connectivity index (χ4v) is 3.25. The molecule has 1 heterocycles. The minimum atomic E-state index is 0.191. The zero-order chi connectivity index (χ0) is 19.1. The van der Waals surface area contributed by atoms with Crippen molar-refractivity contribution < 1.29 is 14.3 Å². The third kappa shape index (κ3) is 5.47. The highest BCUT2D eigenvalue weighted by Gasteiger charge is 2.21. The lowest BCUT2D eigenvalue weighted by Gasteiger charge is -2.34. The van der Waals surface area contributed by atoms with E-state index in [0.717, 1.165) is 55.3 Å². The third-order valence-electron chi connectivity index (χ3n) is 5.00. The van der Waals surface area contributed by atoms with E-state index in [1.54, 1.807) is 7.11 Å². The van der Waals surface area contributed by atoms with Crippen LogP contribution in [0.2, 0.25) is 0 Å². The maximum atomic E-state index is 12.5. The molecule has 0 aromatic heterocycles. The Hall–Kier alpha value is -2.53. The standard InChI is InChI=1S/C22H28N2O3/c1-18-5-3-4-6-21(18)27-16-15-23-11-13-24(14-12-23)22(25)17-19-7-9-20(26-2)10-8-19/h3-10H,11-17H2,1-2H3. The number of hydrogen-bond acceptors (Lipinski definition) is 4. The Labute approximate surface area is 161 Å². The van der Waals surface area contributed by atoms with Crippen LogP contribution in [-0.4, -0.2) is 62.1 Å². The van der Waals surface area contributed by atoms with Crippen LogP contribution >= 0.6 is 0 Å². The Bertz CT molecular complexity index is 737. The van der Waals surface area contributed by atoms with Gasteiger partial charge in [-0.2, -0.15) is 0 Å². The summed E-state index contributed by atoms with van der Waals surface area (Å²) in [4.78, 5) is 16.8. The second-order valence-corrected chi connectivity index (χ2v) is 6.86. The lowest BCUT2D eigenvalue weighted by Crippen LogP contribution is -2.49. The van der Waals surface area contributed by atoms with Crippen molar-refractivity contribution in [2.45, 2.75) is 13.3 Å². The molecule has 27 heavy (non-hydrogen) atoms. The number of ether oxygens (including phenoxy) is 2. The molecule has 0 bridgehead atoms. The minimum absolute atomic E-state index is 0.191. The van der Waals surface area contributed by atoms with Gasteiger partial charge in [-0.05, 0) is 36.2 Å². The zero-order valence-electron chi connectivity index (χ0n) is 16.2. The average molecular weight is 368 g/mol. The lowest BCUT2D eigenvalue weighted by atomic mass is 10.1. The van der Waals surface area contributed by atoms with Crippen LogP contribution in [0.15, 0.2) is 48.5 Å². The molecule has 0 N–H and O–H groups in total. The van der Waals surface area contributed by atoms with Gasteiger partial charge in [0, 0.05) is 32.7 Å².